The van der Waals surface area contributed by atoms with Gasteiger partial charge in [0.25, 0.3) is 5.82 Å². The highest BCUT2D eigenvalue weighted by Gasteiger charge is 2.20. The molecule has 0 unspecified atom stereocenters. The first-order valence-electron chi connectivity index (χ1n) is 8.99. The van der Waals surface area contributed by atoms with Gasteiger partial charge in [0, 0.05) is 11.1 Å². The Morgan fingerprint density at radius 2 is 1.59 bits per heavy atom. The van der Waals surface area contributed by atoms with E-state index in [-0.39, 0.29) is 12.4 Å². The highest BCUT2D eigenvalue weighted by molar-refractivity contribution is 5.86. The summed E-state index contributed by atoms with van der Waals surface area (Å²) in [4.78, 5) is 17.0. The second-order valence-electron chi connectivity index (χ2n) is 6.22. The molecule has 140 valence electrons. The molecule has 0 amide bonds. The van der Waals surface area contributed by atoms with Crippen molar-refractivity contribution < 1.29 is 9.53 Å². The Bertz CT molecular complexity index is 1120. The summed E-state index contributed by atoms with van der Waals surface area (Å²) < 4.78 is 6.99. The number of aromatic nitrogens is 3. The van der Waals surface area contributed by atoms with Crippen LogP contribution in [0.25, 0.3) is 17.1 Å². The molecule has 6 heteroatoms. The summed E-state index contributed by atoms with van der Waals surface area (Å²) in [7, 11) is 0. The molecule has 0 radical (unpaired) electrons. The number of hydrogen-bond donors (Lipinski definition) is 0. The van der Waals surface area contributed by atoms with E-state index < -0.39 is 5.97 Å². The van der Waals surface area contributed by atoms with Gasteiger partial charge in [0.05, 0.1) is 17.3 Å². The summed E-state index contributed by atoms with van der Waals surface area (Å²) in [5, 5.41) is 13.6. The summed E-state index contributed by atoms with van der Waals surface area (Å²) in [6.45, 7) is -0.0247. The average Bonchev–Trinajstić information content (AvgIpc) is 3.24. The molecule has 29 heavy (non-hydrogen) atoms. The van der Waals surface area contributed by atoms with Gasteiger partial charge in [0.15, 0.2) is 5.82 Å². The lowest BCUT2D eigenvalue weighted by atomic mass is 10.1. The maximum Gasteiger partial charge on any atom is 0.378 e. The van der Waals surface area contributed by atoms with Gasteiger partial charge in [-0.25, -0.2) is 14.5 Å². The largest absolute Gasteiger partial charge is 0.455 e. The molecule has 0 N–H and O–H groups in total. The van der Waals surface area contributed by atoms with Crippen molar-refractivity contribution in [3.8, 4) is 23.1 Å². The predicted octanol–water partition coefficient (Wildman–Crippen LogP) is 4.16. The zero-order valence-electron chi connectivity index (χ0n) is 15.4. The van der Waals surface area contributed by atoms with Crippen LogP contribution in [-0.4, -0.2) is 20.7 Å². The molecular weight excluding hydrogens is 364 g/mol. The third-order valence-electron chi connectivity index (χ3n) is 4.32. The minimum Gasteiger partial charge on any atom is -0.455 e. The Morgan fingerprint density at radius 3 is 2.31 bits per heavy atom. The number of esters is 1. The van der Waals surface area contributed by atoms with E-state index in [1.54, 1.807) is 28.9 Å². The maximum absolute atomic E-state index is 12.6. The van der Waals surface area contributed by atoms with Gasteiger partial charge in [-0.05, 0) is 18.2 Å². The van der Waals surface area contributed by atoms with Crippen molar-refractivity contribution in [2.75, 3.05) is 0 Å². The van der Waals surface area contributed by atoms with Crippen molar-refractivity contribution in [3.63, 3.8) is 0 Å². The molecule has 6 nitrogen and oxygen atoms in total. The van der Waals surface area contributed by atoms with E-state index >= 15 is 0 Å². The van der Waals surface area contributed by atoms with Gasteiger partial charge in [0.2, 0.25) is 0 Å². The molecule has 1 heterocycles. The molecule has 0 spiro atoms. The highest BCUT2D eigenvalue weighted by atomic mass is 16.5. The van der Waals surface area contributed by atoms with Gasteiger partial charge in [-0.3, -0.25) is 0 Å². The second-order valence-corrected chi connectivity index (χ2v) is 6.22. The molecule has 0 saturated carbocycles. The quantitative estimate of drug-likeness (QED) is 0.486. The van der Waals surface area contributed by atoms with Gasteiger partial charge >= 0.3 is 5.97 Å². The van der Waals surface area contributed by atoms with Crippen molar-refractivity contribution >= 4 is 5.97 Å². The van der Waals surface area contributed by atoms with Gasteiger partial charge < -0.3 is 4.74 Å². The third kappa shape index (κ3) is 3.89. The molecule has 0 aliphatic heterocycles. The number of rotatable bonds is 5. The van der Waals surface area contributed by atoms with E-state index in [0.717, 1.165) is 11.3 Å². The zero-order chi connectivity index (χ0) is 20.1. The molecule has 1 aromatic heterocycles. The Kier molecular flexibility index (Phi) is 5.12. The SMILES string of the molecule is N#Cc1ccccc1COC(=O)c1nc(-c2ccccc2)n(-c2ccccc2)n1. The maximum atomic E-state index is 12.6. The van der Waals surface area contributed by atoms with Crippen LogP contribution >= 0.6 is 0 Å². The molecule has 0 atom stereocenters. The van der Waals surface area contributed by atoms with Crippen LogP contribution in [0.5, 0.6) is 0 Å². The normalized spacial score (nSPS) is 10.3. The zero-order valence-corrected chi connectivity index (χ0v) is 15.4. The lowest BCUT2D eigenvalue weighted by Crippen LogP contribution is -2.09. The van der Waals surface area contributed by atoms with Crippen molar-refractivity contribution in [2.45, 2.75) is 6.61 Å². The Morgan fingerprint density at radius 1 is 0.931 bits per heavy atom. The summed E-state index contributed by atoms with van der Waals surface area (Å²) in [5.74, 6) is -0.145. The number of ether oxygens (including phenoxy) is 1. The van der Waals surface area contributed by atoms with Crippen molar-refractivity contribution in [1.29, 1.82) is 5.26 Å². The fraction of sp³-hybridized carbons (Fsp3) is 0.0435. The lowest BCUT2D eigenvalue weighted by Gasteiger charge is -2.05. The first-order chi connectivity index (χ1) is 14.3. The van der Waals surface area contributed by atoms with Gasteiger partial charge in [0.1, 0.15) is 6.61 Å². The molecule has 3 aromatic carbocycles. The summed E-state index contributed by atoms with van der Waals surface area (Å²) >= 11 is 0. The van der Waals surface area contributed by atoms with E-state index in [1.165, 1.54) is 0 Å². The second kappa shape index (κ2) is 8.19. The predicted molar refractivity (Wildman–Crippen MR) is 107 cm³/mol. The summed E-state index contributed by atoms with van der Waals surface area (Å²) in [6, 6.07) is 28.1. The van der Waals surface area contributed by atoms with E-state index in [2.05, 4.69) is 16.2 Å². The van der Waals surface area contributed by atoms with Crippen molar-refractivity contribution in [2.24, 2.45) is 0 Å². The first kappa shape index (κ1) is 18.1. The standard InChI is InChI=1S/C23H16N4O2/c24-15-18-11-7-8-12-19(18)16-29-23(28)21-25-22(17-9-3-1-4-10-17)27(26-21)20-13-5-2-6-14-20/h1-14H,16H2. The van der Waals surface area contributed by atoms with Crippen LogP contribution in [0.2, 0.25) is 0 Å². The van der Waals surface area contributed by atoms with Crippen LogP contribution in [0.3, 0.4) is 0 Å². The smallest absolute Gasteiger partial charge is 0.378 e. The van der Waals surface area contributed by atoms with Crippen molar-refractivity contribution in [1.82, 2.24) is 14.8 Å². The monoisotopic (exact) mass is 380 g/mol. The molecule has 4 aromatic rings. The van der Waals surface area contributed by atoms with Crippen LogP contribution in [-0.2, 0) is 11.3 Å². The lowest BCUT2D eigenvalue weighted by molar-refractivity contribution is 0.0458. The molecule has 0 fully saturated rings. The topological polar surface area (TPSA) is 80.8 Å². The van der Waals surface area contributed by atoms with E-state index in [1.807, 2.05) is 60.7 Å². The number of carbonyl (C=O) groups excluding carboxylic acids is 1. The Hall–Kier alpha value is -4.24. The van der Waals surface area contributed by atoms with Gasteiger partial charge in [-0.15, -0.1) is 5.10 Å². The highest BCUT2D eigenvalue weighted by Crippen LogP contribution is 2.21. The summed E-state index contributed by atoms with van der Waals surface area (Å²) in [5.41, 5.74) is 2.72. The van der Waals surface area contributed by atoms with E-state index in [9.17, 15) is 10.1 Å². The minimum absolute atomic E-state index is 0.0247. The molecule has 0 aliphatic carbocycles. The number of nitriles is 1. The van der Waals surface area contributed by atoms with Crippen LogP contribution < -0.4 is 0 Å². The number of carbonyl (C=O) groups is 1. The van der Waals surface area contributed by atoms with Crippen LogP contribution in [0, 0.1) is 11.3 Å². The number of para-hydroxylation sites is 1. The third-order valence-corrected chi connectivity index (χ3v) is 4.32. The van der Waals surface area contributed by atoms with E-state index in [0.29, 0.717) is 17.0 Å². The fourth-order valence-corrected chi connectivity index (χ4v) is 2.88. The molecule has 0 aliphatic rings. The molecular formula is C23H16N4O2. The van der Waals surface area contributed by atoms with E-state index in [4.69, 9.17) is 4.74 Å². The molecule has 0 bridgehead atoms. The molecule has 0 saturated heterocycles. The Balaban J connectivity index is 1.65. The van der Waals surface area contributed by atoms with Crippen molar-refractivity contribution in [3.05, 3.63) is 102 Å². The van der Waals surface area contributed by atoms with Crippen LogP contribution in [0.1, 0.15) is 21.7 Å². The Labute approximate surface area is 167 Å². The fourth-order valence-electron chi connectivity index (χ4n) is 2.88. The molecule has 4 rings (SSSR count). The van der Waals surface area contributed by atoms with Crippen LogP contribution in [0.15, 0.2) is 84.9 Å². The number of benzene rings is 3. The van der Waals surface area contributed by atoms with Crippen LogP contribution in [0.4, 0.5) is 0 Å². The number of hydrogen-bond acceptors (Lipinski definition) is 5. The first-order valence-corrected chi connectivity index (χ1v) is 8.99. The summed E-state index contributed by atoms with van der Waals surface area (Å²) in [6.07, 6.45) is 0. The number of nitrogens with zero attached hydrogens (tertiary/aromatic N) is 4. The van der Waals surface area contributed by atoms with Gasteiger partial charge in [-0.2, -0.15) is 5.26 Å². The average molecular weight is 380 g/mol. The van der Waals surface area contributed by atoms with Gasteiger partial charge in [-0.1, -0.05) is 66.7 Å². The minimum atomic E-state index is -0.649.